The summed E-state index contributed by atoms with van der Waals surface area (Å²) in [6.07, 6.45) is 6.61. The summed E-state index contributed by atoms with van der Waals surface area (Å²) < 4.78 is 5.09. The standard InChI is InChI=1S/C25H27N5S/c1-26-31-15-13-28-24-10-9-21(16-20-6-3-2-4-7-20)17-23(24)25-11-14-30(29-25)19-22-8-5-12-27-18-22/h2-12,14,17-18,26,28H,13,15-16,19H2,1H3. The van der Waals surface area contributed by atoms with Crippen molar-refractivity contribution in [1.29, 1.82) is 0 Å². The first-order chi connectivity index (χ1) is 15.3. The van der Waals surface area contributed by atoms with Crippen molar-refractivity contribution < 1.29 is 0 Å². The second-order valence-corrected chi connectivity index (χ2v) is 8.39. The third-order valence-electron chi connectivity index (χ3n) is 4.98. The van der Waals surface area contributed by atoms with Gasteiger partial charge in [0.2, 0.25) is 0 Å². The van der Waals surface area contributed by atoms with Crippen LogP contribution in [0.1, 0.15) is 16.7 Å². The number of nitrogens with zero attached hydrogens (tertiary/aromatic N) is 3. The molecule has 0 fully saturated rings. The monoisotopic (exact) mass is 429 g/mol. The molecule has 31 heavy (non-hydrogen) atoms. The molecule has 0 amide bonds. The van der Waals surface area contributed by atoms with Crippen LogP contribution in [-0.2, 0) is 13.0 Å². The van der Waals surface area contributed by atoms with Crippen molar-refractivity contribution in [2.45, 2.75) is 13.0 Å². The summed E-state index contributed by atoms with van der Waals surface area (Å²) in [5.74, 6) is 0.983. The highest BCUT2D eigenvalue weighted by molar-refractivity contribution is 7.97. The van der Waals surface area contributed by atoms with Crippen LogP contribution in [0.5, 0.6) is 0 Å². The molecule has 2 aromatic heterocycles. The lowest BCUT2D eigenvalue weighted by Crippen LogP contribution is -2.08. The van der Waals surface area contributed by atoms with Gasteiger partial charge < -0.3 is 5.32 Å². The Labute approximate surface area is 188 Å². The van der Waals surface area contributed by atoms with Crippen molar-refractivity contribution in [3.8, 4) is 11.3 Å². The van der Waals surface area contributed by atoms with Crippen LogP contribution in [-0.4, -0.2) is 34.1 Å². The normalized spacial score (nSPS) is 10.9. The molecule has 0 aliphatic carbocycles. The zero-order chi connectivity index (χ0) is 21.3. The first-order valence-electron chi connectivity index (χ1n) is 10.4. The van der Waals surface area contributed by atoms with Gasteiger partial charge in [0.1, 0.15) is 0 Å². The predicted octanol–water partition coefficient (Wildman–Crippen LogP) is 4.86. The molecule has 0 saturated carbocycles. The van der Waals surface area contributed by atoms with Crippen molar-refractivity contribution in [1.82, 2.24) is 19.5 Å². The Morgan fingerprint density at radius 2 is 1.81 bits per heavy atom. The average Bonchev–Trinajstić information content (AvgIpc) is 3.27. The van der Waals surface area contributed by atoms with E-state index < -0.39 is 0 Å². The zero-order valence-corrected chi connectivity index (χ0v) is 18.5. The van der Waals surface area contributed by atoms with E-state index in [9.17, 15) is 0 Å². The van der Waals surface area contributed by atoms with Crippen molar-refractivity contribution in [3.63, 3.8) is 0 Å². The quantitative estimate of drug-likeness (QED) is 0.278. The number of aromatic nitrogens is 3. The highest BCUT2D eigenvalue weighted by Gasteiger charge is 2.11. The predicted molar refractivity (Wildman–Crippen MR) is 130 cm³/mol. The van der Waals surface area contributed by atoms with Gasteiger partial charge in [0, 0.05) is 42.1 Å². The molecule has 2 aromatic carbocycles. The average molecular weight is 430 g/mol. The number of benzene rings is 2. The third-order valence-corrected chi connectivity index (χ3v) is 5.68. The Bertz CT molecular complexity index is 1080. The lowest BCUT2D eigenvalue weighted by Gasteiger charge is -2.13. The smallest absolute Gasteiger partial charge is 0.0944 e. The van der Waals surface area contributed by atoms with Gasteiger partial charge in [-0.2, -0.15) is 5.10 Å². The van der Waals surface area contributed by atoms with E-state index in [-0.39, 0.29) is 0 Å². The molecule has 0 aliphatic rings. The van der Waals surface area contributed by atoms with E-state index in [1.165, 1.54) is 11.1 Å². The maximum absolute atomic E-state index is 4.86. The molecule has 6 heteroatoms. The third kappa shape index (κ3) is 5.96. The highest BCUT2D eigenvalue weighted by atomic mass is 32.2. The molecule has 0 atom stereocenters. The van der Waals surface area contributed by atoms with Gasteiger partial charge in [-0.05, 0) is 54.4 Å². The lowest BCUT2D eigenvalue weighted by atomic mass is 10.00. The van der Waals surface area contributed by atoms with Crippen molar-refractivity contribution in [2.24, 2.45) is 0 Å². The van der Waals surface area contributed by atoms with Crippen molar-refractivity contribution in [2.75, 3.05) is 24.7 Å². The van der Waals surface area contributed by atoms with Crippen LogP contribution in [0.3, 0.4) is 0 Å². The van der Waals surface area contributed by atoms with Crippen LogP contribution in [0.25, 0.3) is 11.3 Å². The van der Waals surface area contributed by atoms with Crippen LogP contribution in [0.15, 0.2) is 85.3 Å². The summed E-state index contributed by atoms with van der Waals surface area (Å²) >= 11 is 1.70. The Morgan fingerprint density at radius 3 is 2.61 bits per heavy atom. The lowest BCUT2D eigenvalue weighted by molar-refractivity contribution is 0.687. The number of pyridine rings is 1. The topological polar surface area (TPSA) is 54.8 Å². The minimum atomic E-state index is 0.707. The number of rotatable bonds is 10. The van der Waals surface area contributed by atoms with Crippen LogP contribution in [0, 0.1) is 0 Å². The maximum atomic E-state index is 4.86. The van der Waals surface area contributed by atoms with Crippen molar-refractivity contribution in [3.05, 3.63) is 102 Å². The fraction of sp³-hybridized carbons (Fsp3) is 0.200. The second kappa shape index (κ2) is 10.8. The van der Waals surface area contributed by atoms with Crippen LogP contribution < -0.4 is 10.0 Å². The molecule has 0 unspecified atom stereocenters. The zero-order valence-electron chi connectivity index (χ0n) is 17.7. The molecule has 2 N–H and O–H groups in total. The van der Waals surface area contributed by atoms with Gasteiger partial charge >= 0.3 is 0 Å². The summed E-state index contributed by atoms with van der Waals surface area (Å²) in [6, 6.07) is 23.3. The van der Waals surface area contributed by atoms with E-state index in [1.807, 2.05) is 30.2 Å². The SMILES string of the molecule is CNSCCNc1ccc(Cc2ccccc2)cc1-c1ccn(Cc2cccnc2)n1. The molecule has 0 saturated heterocycles. The number of nitrogens with one attached hydrogen (secondary N) is 2. The van der Waals surface area contributed by atoms with Crippen LogP contribution in [0.4, 0.5) is 5.69 Å². The summed E-state index contributed by atoms with van der Waals surface area (Å²) in [5.41, 5.74) is 6.94. The molecule has 0 bridgehead atoms. The van der Waals surface area contributed by atoms with Gasteiger partial charge in [0.25, 0.3) is 0 Å². The molecule has 2 heterocycles. The minimum absolute atomic E-state index is 0.707. The fourth-order valence-corrected chi connectivity index (χ4v) is 3.92. The van der Waals surface area contributed by atoms with Crippen LogP contribution >= 0.6 is 11.9 Å². The van der Waals surface area contributed by atoms with Gasteiger partial charge in [-0.15, -0.1) is 0 Å². The van der Waals surface area contributed by atoms with E-state index in [0.717, 1.165) is 41.2 Å². The fourth-order valence-electron chi connectivity index (χ4n) is 3.51. The number of hydrogen-bond donors (Lipinski definition) is 2. The summed E-state index contributed by atoms with van der Waals surface area (Å²) in [7, 11) is 1.95. The van der Waals surface area contributed by atoms with E-state index >= 15 is 0 Å². The molecule has 4 rings (SSSR count). The van der Waals surface area contributed by atoms with E-state index in [4.69, 9.17) is 5.10 Å². The Kier molecular flexibility index (Phi) is 7.37. The van der Waals surface area contributed by atoms with Gasteiger partial charge in [0.15, 0.2) is 0 Å². The molecule has 5 nitrogen and oxygen atoms in total. The molecule has 158 valence electrons. The summed E-state index contributed by atoms with van der Waals surface area (Å²) in [5, 5.41) is 8.44. The van der Waals surface area contributed by atoms with Gasteiger partial charge in [0.05, 0.1) is 12.2 Å². The van der Waals surface area contributed by atoms with Gasteiger partial charge in [-0.3, -0.25) is 14.4 Å². The van der Waals surface area contributed by atoms with Gasteiger partial charge in [-0.1, -0.05) is 54.4 Å². The molecular formula is C25H27N5S. The van der Waals surface area contributed by atoms with E-state index in [2.05, 4.69) is 75.7 Å². The van der Waals surface area contributed by atoms with E-state index in [0.29, 0.717) is 6.54 Å². The van der Waals surface area contributed by atoms with E-state index in [1.54, 1.807) is 18.1 Å². The first-order valence-corrected chi connectivity index (χ1v) is 11.4. The number of hydrogen-bond acceptors (Lipinski definition) is 5. The largest absolute Gasteiger partial charge is 0.384 e. The molecule has 0 radical (unpaired) electrons. The highest BCUT2D eigenvalue weighted by Crippen LogP contribution is 2.29. The number of anilines is 1. The Balaban J connectivity index is 1.58. The Morgan fingerprint density at radius 1 is 0.935 bits per heavy atom. The second-order valence-electron chi connectivity index (χ2n) is 7.28. The minimum Gasteiger partial charge on any atom is -0.384 e. The molecule has 4 aromatic rings. The molecule has 0 spiro atoms. The summed E-state index contributed by atoms with van der Waals surface area (Å²) in [6.45, 7) is 1.59. The maximum Gasteiger partial charge on any atom is 0.0944 e. The first kappa shape index (κ1) is 21.2. The van der Waals surface area contributed by atoms with Crippen molar-refractivity contribution >= 4 is 17.6 Å². The van der Waals surface area contributed by atoms with Crippen LogP contribution in [0.2, 0.25) is 0 Å². The molecular weight excluding hydrogens is 402 g/mol. The van der Waals surface area contributed by atoms with Gasteiger partial charge in [-0.25, -0.2) is 0 Å². The molecule has 0 aliphatic heterocycles. The summed E-state index contributed by atoms with van der Waals surface area (Å²) in [4.78, 5) is 4.20. The Hall–Kier alpha value is -3.09.